The van der Waals surface area contributed by atoms with Crippen LogP contribution in [0.2, 0.25) is 54.4 Å². The largest absolute Gasteiger partial charge is 0.457 e. The molecule has 0 aromatic carbocycles. The van der Waals surface area contributed by atoms with Crippen molar-refractivity contribution in [2.45, 2.75) is 252 Å². The molecule has 0 N–H and O–H groups in total. The summed E-state index contributed by atoms with van der Waals surface area (Å²) in [7, 11) is -5.93. The third-order valence-electron chi connectivity index (χ3n) is 15.5. The van der Waals surface area contributed by atoms with Crippen molar-refractivity contribution in [3.05, 3.63) is 36.0 Å². The lowest BCUT2D eigenvalue weighted by atomic mass is 9.88. The Balaban J connectivity index is 2.60. The molecule has 0 aromatic heterocycles. The molecule has 10 nitrogen and oxygen atoms in total. The number of cyclic esters (lactones) is 1. The topological polar surface area (TPSA) is 111 Å². The Morgan fingerprint density at radius 3 is 1.98 bits per heavy atom. The molecular formula is C52H98O10Si3. The lowest BCUT2D eigenvalue weighted by Crippen LogP contribution is -2.47. The Morgan fingerprint density at radius 2 is 1.46 bits per heavy atom. The molecule has 1 fully saturated rings. The van der Waals surface area contributed by atoms with E-state index in [1.807, 2.05) is 39.8 Å². The second-order valence-electron chi connectivity index (χ2n) is 19.7. The van der Waals surface area contributed by atoms with Gasteiger partial charge >= 0.3 is 11.9 Å². The van der Waals surface area contributed by atoms with Gasteiger partial charge in [-0.2, -0.15) is 0 Å². The van der Waals surface area contributed by atoms with Gasteiger partial charge in [-0.3, -0.25) is 9.59 Å². The quantitative estimate of drug-likeness (QED) is 0.0179. The van der Waals surface area contributed by atoms with Gasteiger partial charge in [0, 0.05) is 37.9 Å². The van der Waals surface area contributed by atoms with E-state index >= 15 is 0 Å². The fraction of sp³-hybridized carbons (Fsp3) is 0.846. The minimum Gasteiger partial charge on any atom is -0.457 e. The summed E-state index contributed by atoms with van der Waals surface area (Å²) in [5.41, 5.74) is -0.543. The zero-order valence-corrected chi connectivity index (χ0v) is 47.6. The highest BCUT2D eigenvalue weighted by atomic mass is 28.4. The van der Waals surface area contributed by atoms with Gasteiger partial charge in [0.1, 0.15) is 17.8 Å². The van der Waals surface area contributed by atoms with E-state index in [2.05, 4.69) is 101 Å². The zero-order valence-electron chi connectivity index (χ0n) is 44.6. The van der Waals surface area contributed by atoms with Gasteiger partial charge in [0.2, 0.25) is 0 Å². The van der Waals surface area contributed by atoms with E-state index in [4.69, 9.17) is 37.0 Å². The van der Waals surface area contributed by atoms with Gasteiger partial charge in [0.15, 0.2) is 25.0 Å². The first-order valence-corrected chi connectivity index (χ1v) is 33.7. The number of carbonyl (C=O) groups excluding carboxylic acids is 2. The van der Waals surface area contributed by atoms with E-state index in [9.17, 15) is 9.59 Å². The number of ether oxygens (including phenoxy) is 5. The molecule has 0 spiro atoms. The van der Waals surface area contributed by atoms with Gasteiger partial charge in [0.05, 0.1) is 43.5 Å². The number of allylic oxidation sites excluding steroid dienone is 2. The van der Waals surface area contributed by atoms with Crippen molar-refractivity contribution in [1.82, 2.24) is 0 Å². The van der Waals surface area contributed by atoms with Crippen molar-refractivity contribution in [2.75, 3.05) is 19.8 Å². The average molecular weight is 968 g/mol. The minimum absolute atomic E-state index is 0.0853. The molecule has 0 bridgehead atoms. The molecular weight excluding hydrogens is 869 g/mol. The summed E-state index contributed by atoms with van der Waals surface area (Å²) in [5, 5.41) is 0. The predicted octanol–water partition coefficient (Wildman–Crippen LogP) is 13.3. The first-order chi connectivity index (χ1) is 30.7. The lowest BCUT2D eigenvalue weighted by Gasteiger charge is -2.39. The molecule has 2 heterocycles. The highest BCUT2D eigenvalue weighted by Crippen LogP contribution is 2.43. The first kappa shape index (κ1) is 59.7. The van der Waals surface area contributed by atoms with Crippen LogP contribution in [0.4, 0.5) is 0 Å². The molecule has 2 aliphatic heterocycles. The van der Waals surface area contributed by atoms with E-state index in [0.29, 0.717) is 38.6 Å². The Labute approximate surface area is 401 Å². The van der Waals surface area contributed by atoms with Gasteiger partial charge < -0.3 is 37.0 Å². The molecule has 1 saturated heterocycles. The Morgan fingerprint density at radius 1 is 0.877 bits per heavy atom. The van der Waals surface area contributed by atoms with Gasteiger partial charge in [-0.05, 0) is 113 Å². The highest BCUT2D eigenvalue weighted by Gasteiger charge is 2.51. The standard InChI is InChI=1S/C52H98O10Si3/c1-18-45(61-64(23-6,24-7)25-8)42(14)50-46(58-50)39-51(16,62-65(26-9,27-10)28-11)34-29-30-40(12)49-41(13)31-32-47(57-43(15)53)52(17,56-37-36-55-19-2)35-33-44(38-48(54)59-49)60-63(20-3,21-4)22-5/h29-32,34,41-42,44-47,49-50H,18-28,33,35-39H2,1-17H3/b32-31+,34-29+,40-30+. The van der Waals surface area contributed by atoms with Crippen LogP contribution in [0.3, 0.4) is 0 Å². The fourth-order valence-electron chi connectivity index (χ4n) is 10.1. The number of hydrogen-bond acceptors (Lipinski definition) is 10. The van der Waals surface area contributed by atoms with Crippen LogP contribution in [0.25, 0.3) is 0 Å². The van der Waals surface area contributed by atoms with Crippen LogP contribution < -0.4 is 0 Å². The molecule has 2 aliphatic rings. The monoisotopic (exact) mass is 967 g/mol. The van der Waals surface area contributed by atoms with Gasteiger partial charge in [-0.15, -0.1) is 0 Å². The maximum atomic E-state index is 14.1. The van der Waals surface area contributed by atoms with Crippen LogP contribution >= 0.6 is 0 Å². The molecule has 0 radical (unpaired) electrons. The van der Waals surface area contributed by atoms with E-state index in [1.54, 1.807) is 0 Å². The summed E-state index contributed by atoms with van der Waals surface area (Å²) in [6.45, 7) is 37.9. The Bertz CT molecular complexity index is 1470. The second kappa shape index (κ2) is 28.3. The van der Waals surface area contributed by atoms with Crippen LogP contribution in [0, 0.1) is 11.8 Å². The molecule has 0 aliphatic carbocycles. The summed E-state index contributed by atoms with van der Waals surface area (Å²) in [5.74, 6) is -0.630. The van der Waals surface area contributed by atoms with Crippen LogP contribution in [-0.4, -0.2) is 105 Å². The summed E-state index contributed by atoms with van der Waals surface area (Å²) in [6, 6.07) is 9.43. The maximum Gasteiger partial charge on any atom is 0.308 e. The predicted molar refractivity (Wildman–Crippen MR) is 275 cm³/mol. The number of rotatable bonds is 29. The number of epoxide rings is 1. The molecule has 2 rings (SSSR count). The normalized spacial score (nSPS) is 27.6. The van der Waals surface area contributed by atoms with Crippen LogP contribution in [0.5, 0.6) is 0 Å². The molecule has 378 valence electrons. The molecule has 0 aromatic rings. The third kappa shape index (κ3) is 17.8. The summed E-state index contributed by atoms with van der Waals surface area (Å²) in [6.07, 6.45) is 12.0. The van der Waals surface area contributed by atoms with Crippen molar-refractivity contribution < 1.29 is 46.6 Å². The zero-order chi connectivity index (χ0) is 49.1. The number of hydrogen-bond donors (Lipinski definition) is 0. The van der Waals surface area contributed by atoms with E-state index in [-0.39, 0.29) is 48.7 Å². The summed E-state index contributed by atoms with van der Waals surface area (Å²) in [4.78, 5) is 26.8. The van der Waals surface area contributed by atoms with Crippen molar-refractivity contribution in [1.29, 1.82) is 0 Å². The highest BCUT2D eigenvalue weighted by molar-refractivity contribution is 6.74. The average Bonchev–Trinajstić information content (AvgIpc) is 4.06. The van der Waals surface area contributed by atoms with Gasteiger partial charge in [-0.25, -0.2) is 0 Å². The summed E-state index contributed by atoms with van der Waals surface area (Å²) >= 11 is 0. The minimum atomic E-state index is -2.12. The van der Waals surface area contributed by atoms with E-state index < -0.39 is 48.4 Å². The SMILES string of the molecule is CCOCCOC1(C)CCC(O[Si](CC)(CC)CC)CC(=O)OC(/C(C)=C/C=C/C(C)(CC2OC2C(C)C(CC)O[Si](CC)(CC)CC)O[Si](CC)(CC)CC)C(C)/C=C/C1OC(C)=O. The third-order valence-corrected chi connectivity index (χ3v) is 29.6. The Hall–Kier alpha value is -1.43. The number of carbonyl (C=O) groups is 2. The van der Waals surface area contributed by atoms with Crippen molar-refractivity contribution in [2.24, 2.45) is 11.8 Å². The molecule has 0 amide bonds. The van der Waals surface area contributed by atoms with Crippen molar-refractivity contribution in [3.63, 3.8) is 0 Å². The first-order valence-electron chi connectivity index (χ1n) is 26.1. The maximum absolute atomic E-state index is 14.1. The van der Waals surface area contributed by atoms with E-state index in [1.165, 1.54) is 6.92 Å². The summed E-state index contributed by atoms with van der Waals surface area (Å²) < 4.78 is 52.7. The van der Waals surface area contributed by atoms with Crippen LogP contribution in [0.15, 0.2) is 36.0 Å². The van der Waals surface area contributed by atoms with Crippen molar-refractivity contribution in [3.8, 4) is 0 Å². The number of esters is 2. The molecule has 65 heavy (non-hydrogen) atoms. The fourth-order valence-corrected chi connectivity index (χ4v) is 19.1. The van der Waals surface area contributed by atoms with Crippen molar-refractivity contribution >= 4 is 36.9 Å². The molecule has 0 saturated carbocycles. The van der Waals surface area contributed by atoms with E-state index in [0.717, 1.165) is 72.8 Å². The molecule has 10 unspecified atom stereocenters. The molecule has 10 atom stereocenters. The van der Waals surface area contributed by atoms with Crippen LogP contribution in [-0.2, 0) is 46.6 Å². The van der Waals surface area contributed by atoms with Gasteiger partial charge in [-0.1, -0.05) is 107 Å². The van der Waals surface area contributed by atoms with Crippen LogP contribution in [0.1, 0.15) is 150 Å². The second-order valence-corrected chi connectivity index (χ2v) is 33.8. The Kier molecular flexibility index (Phi) is 26.0. The van der Waals surface area contributed by atoms with Gasteiger partial charge in [0.25, 0.3) is 0 Å². The lowest BCUT2D eigenvalue weighted by molar-refractivity contribution is -0.166. The smallest absolute Gasteiger partial charge is 0.308 e. The molecule has 13 heteroatoms.